The third kappa shape index (κ3) is 2.61. The number of hydrogen-bond donors (Lipinski definition) is 0. The predicted molar refractivity (Wildman–Crippen MR) is 79.1 cm³/mol. The molecule has 0 bridgehead atoms. The quantitative estimate of drug-likeness (QED) is 0.719. The second kappa shape index (κ2) is 4.70. The molecule has 0 amide bonds. The van der Waals surface area contributed by atoms with Gasteiger partial charge in [-0.1, -0.05) is 30.7 Å². The summed E-state index contributed by atoms with van der Waals surface area (Å²) in [6, 6.07) is 6.93. The highest BCUT2D eigenvalue weighted by atomic mass is 15.2. The minimum absolute atomic E-state index is 0.293. The summed E-state index contributed by atoms with van der Waals surface area (Å²) in [4.78, 5) is 2.63. The van der Waals surface area contributed by atoms with Gasteiger partial charge in [0.25, 0.3) is 0 Å². The summed E-state index contributed by atoms with van der Waals surface area (Å²) in [6.45, 7) is 16.2. The van der Waals surface area contributed by atoms with Gasteiger partial charge >= 0.3 is 0 Å². The normalized spacial score (nSPS) is 25.7. The minimum atomic E-state index is 0.293. The van der Waals surface area contributed by atoms with Gasteiger partial charge < -0.3 is 0 Å². The SMILES string of the molecule is Cc1ccc([C@@H]2CN(C(C)(C)C)CC2C)c(C)c1. The molecule has 1 heteroatoms. The van der Waals surface area contributed by atoms with Crippen LogP contribution in [0.4, 0.5) is 0 Å². The van der Waals surface area contributed by atoms with Gasteiger partial charge in [0.15, 0.2) is 0 Å². The molecule has 2 rings (SSSR count). The van der Waals surface area contributed by atoms with Crippen LogP contribution in [0.2, 0.25) is 0 Å². The molecule has 1 nitrogen and oxygen atoms in total. The van der Waals surface area contributed by atoms with Gasteiger partial charge in [-0.25, -0.2) is 0 Å². The van der Waals surface area contributed by atoms with Gasteiger partial charge in [-0.15, -0.1) is 0 Å². The highest BCUT2D eigenvalue weighted by Crippen LogP contribution is 2.37. The van der Waals surface area contributed by atoms with E-state index < -0.39 is 0 Å². The Labute approximate surface area is 112 Å². The van der Waals surface area contributed by atoms with Gasteiger partial charge in [0.2, 0.25) is 0 Å². The fourth-order valence-electron chi connectivity index (χ4n) is 3.16. The first-order valence-electron chi connectivity index (χ1n) is 7.11. The number of benzene rings is 1. The Kier molecular flexibility index (Phi) is 3.55. The van der Waals surface area contributed by atoms with Crippen molar-refractivity contribution in [2.24, 2.45) is 5.92 Å². The van der Waals surface area contributed by atoms with Crippen LogP contribution >= 0.6 is 0 Å². The van der Waals surface area contributed by atoms with Crippen LogP contribution in [-0.2, 0) is 0 Å². The molecule has 0 radical (unpaired) electrons. The Balaban J connectivity index is 2.24. The van der Waals surface area contributed by atoms with E-state index in [9.17, 15) is 0 Å². The van der Waals surface area contributed by atoms with Crippen molar-refractivity contribution in [3.8, 4) is 0 Å². The van der Waals surface area contributed by atoms with Crippen molar-refractivity contribution in [2.75, 3.05) is 13.1 Å². The molecule has 1 aromatic rings. The largest absolute Gasteiger partial charge is 0.298 e. The van der Waals surface area contributed by atoms with E-state index in [0.29, 0.717) is 11.5 Å². The second-order valence-electron chi connectivity index (χ2n) is 7.02. The molecule has 1 saturated heterocycles. The average Bonchev–Trinajstić information content (AvgIpc) is 2.60. The number of likely N-dealkylation sites (tertiary alicyclic amines) is 1. The van der Waals surface area contributed by atoms with Crippen LogP contribution in [0.15, 0.2) is 18.2 Å². The fraction of sp³-hybridized carbons (Fsp3) is 0.647. The maximum Gasteiger partial charge on any atom is 0.0125 e. The van der Waals surface area contributed by atoms with Gasteiger partial charge in [0, 0.05) is 24.5 Å². The molecule has 18 heavy (non-hydrogen) atoms. The van der Waals surface area contributed by atoms with E-state index in [4.69, 9.17) is 0 Å². The monoisotopic (exact) mass is 245 g/mol. The first-order chi connectivity index (χ1) is 8.29. The van der Waals surface area contributed by atoms with Gasteiger partial charge in [-0.05, 0) is 51.7 Å². The third-order valence-electron chi connectivity index (χ3n) is 4.39. The summed E-state index contributed by atoms with van der Waals surface area (Å²) in [5, 5.41) is 0. The zero-order valence-electron chi connectivity index (χ0n) is 12.7. The third-order valence-corrected chi connectivity index (χ3v) is 4.39. The summed E-state index contributed by atoms with van der Waals surface area (Å²) < 4.78 is 0. The zero-order chi connectivity index (χ0) is 13.5. The molecule has 1 heterocycles. The second-order valence-corrected chi connectivity index (χ2v) is 7.02. The summed E-state index contributed by atoms with van der Waals surface area (Å²) in [5.41, 5.74) is 4.68. The van der Waals surface area contributed by atoms with Crippen LogP contribution in [0.3, 0.4) is 0 Å². The van der Waals surface area contributed by atoms with Crippen molar-refractivity contribution in [2.45, 2.75) is 53.0 Å². The number of nitrogens with zero attached hydrogens (tertiary/aromatic N) is 1. The van der Waals surface area contributed by atoms with Crippen molar-refractivity contribution >= 4 is 0 Å². The van der Waals surface area contributed by atoms with Crippen LogP contribution in [0, 0.1) is 19.8 Å². The molecule has 100 valence electrons. The van der Waals surface area contributed by atoms with E-state index in [-0.39, 0.29) is 0 Å². The Hall–Kier alpha value is -0.820. The Morgan fingerprint density at radius 1 is 1.11 bits per heavy atom. The molecule has 0 N–H and O–H groups in total. The first kappa shape index (κ1) is 13.6. The minimum Gasteiger partial charge on any atom is -0.298 e. The van der Waals surface area contributed by atoms with E-state index >= 15 is 0 Å². The number of rotatable bonds is 1. The van der Waals surface area contributed by atoms with E-state index in [1.807, 2.05) is 0 Å². The van der Waals surface area contributed by atoms with Crippen molar-refractivity contribution in [3.63, 3.8) is 0 Å². The Bertz CT molecular complexity index is 428. The summed E-state index contributed by atoms with van der Waals surface area (Å²) in [5.74, 6) is 1.45. The Morgan fingerprint density at radius 2 is 1.78 bits per heavy atom. The maximum absolute atomic E-state index is 2.63. The Morgan fingerprint density at radius 3 is 2.28 bits per heavy atom. The van der Waals surface area contributed by atoms with Crippen LogP contribution in [0.1, 0.15) is 50.3 Å². The lowest BCUT2D eigenvalue weighted by molar-refractivity contribution is 0.168. The molecule has 0 aromatic heterocycles. The van der Waals surface area contributed by atoms with Crippen molar-refractivity contribution in [3.05, 3.63) is 34.9 Å². The van der Waals surface area contributed by atoms with E-state index in [1.54, 1.807) is 5.56 Å². The molecule has 1 unspecified atom stereocenters. The number of aryl methyl sites for hydroxylation is 2. The molecule has 0 spiro atoms. The van der Waals surface area contributed by atoms with Crippen LogP contribution in [0.5, 0.6) is 0 Å². The van der Waals surface area contributed by atoms with Crippen LogP contribution in [0.25, 0.3) is 0 Å². The molecule has 2 atom stereocenters. The van der Waals surface area contributed by atoms with Gasteiger partial charge in [-0.3, -0.25) is 4.90 Å². The zero-order valence-corrected chi connectivity index (χ0v) is 12.7. The maximum atomic E-state index is 2.63. The fourth-order valence-corrected chi connectivity index (χ4v) is 3.16. The smallest absolute Gasteiger partial charge is 0.0125 e. The molecule has 1 aliphatic heterocycles. The standard InChI is InChI=1S/C17H27N/c1-12-7-8-15(13(2)9-12)16-11-18(10-14(16)3)17(4,5)6/h7-9,14,16H,10-11H2,1-6H3/t14?,16-/m1/s1. The van der Waals surface area contributed by atoms with E-state index in [2.05, 4.69) is 64.6 Å². The molecular formula is C17H27N. The predicted octanol–water partition coefficient (Wildman–Crippen LogP) is 4.14. The van der Waals surface area contributed by atoms with E-state index in [1.165, 1.54) is 24.2 Å². The van der Waals surface area contributed by atoms with Crippen molar-refractivity contribution in [1.82, 2.24) is 4.90 Å². The molecule has 0 saturated carbocycles. The van der Waals surface area contributed by atoms with Crippen LogP contribution in [-0.4, -0.2) is 23.5 Å². The molecule has 1 aliphatic rings. The molecular weight excluding hydrogens is 218 g/mol. The topological polar surface area (TPSA) is 3.24 Å². The lowest BCUT2D eigenvalue weighted by Crippen LogP contribution is -2.39. The lowest BCUT2D eigenvalue weighted by atomic mass is 9.87. The number of hydrogen-bond acceptors (Lipinski definition) is 1. The van der Waals surface area contributed by atoms with Gasteiger partial charge in [0.05, 0.1) is 0 Å². The molecule has 1 fully saturated rings. The van der Waals surface area contributed by atoms with Crippen molar-refractivity contribution in [1.29, 1.82) is 0 Å². The summed E-state index contributed by atoms with van der Waals surface area (Å²) in [6.07, 6.45) is 0. The molecule has 0 aliphatic carbocycles. The van der Waals surface area contributed by atoms with Gasteiger partial charge in [0.1, 0.15) is 0 Å². The van der Waals surface area contributed by atoms with Crippen LogP contribution < -0.4 is 0 Å². The van der Waals surface area contributed by atoms with Crippen molar-refractivity contribution < 1.29 is 0 Å². The highest BCUT2D eigenvalue weighted by molar-refractivity contribution is 5.34. The lowest BCUT2D eigenvalue weighted by Gasteiger charge is -2.32. The summed E-state index contributed by atoms with van der Waals surface area (Å²) >= 11 is 0. The van der Waals surface area contributed by atoms with E-state index in [0.717, 1.165) is 5.92 Å². The average molecular weight is 245 g/mol. The highest BCUT2D eigenvalue weighted by Gasteiger charge is 2.36. The van der Waals surface area contributed by atoms with Gasteiger partial charge in [-0.2, -0.15) is 0 Å². The summed E-state index contributed by atoms with van der Waals surface area (Å²) in [7, 11) is 0. The first-order valence-corrected chi connectivity index (χ1v) is 7.11. The molecule has 1 aromatic carbocycles.